The molecule has 31 heavy (non-hydrogen) atoms. The Kier molecular flexibility index (Phi) is 7.84. The van der Waals surface area contributed by atoms with Crippen LogP contribution in [0.4, 0.5) is 11.4 Å². The van der Waals surface area contributed by atoms with Crippen LogP contribution in [0.25, 0.3) is 0 Å². The van der Waals surface area contributed by atoms with Crippen LogP contribution >= 0.6 is 0 Å². The number of sulfonamides is 1. The summed E-state index contributed by atoms with van der Waals surface area (Å²) in [5.41, 5.74) is 2.75. The van der Waals surface area contributed by atoms with Crippen LogP contribution in [0.3, 0.4) is 0 Å². The number of hydrogen-bond donors (Lipinski definition) is 2. The lowest BCUT2D eigenvalue weighted by Gasteiger charge is -2.31. The minimum atomic E-state index is -3.75. The average Bonchev–Trinajstić information content (AvgIpc) is 2.67. The summed E-state index contributed by atoms with van der Waals surface area (Å²) < 4.78 is 26.6. The van der Waals surface area contributed by atoms with Gasteiger partial charge in [0.1, 0.15) is 6.04 Å². The average molecular weight is 446 g/mol. The summed E-state index contributed by atoms with van der Waals surface area (Å²) in [7, 11) is -3.75. The fraction of sp³-hybridized carbons (Fsp3) is 0.391. The van der Waals surface area contributed by atoms with E-state index in [1.165, 1.54) is 4.31 Å². The monoisotopic (exact) mass is 445 g/mol. The summed E-state index contributed by atoms with van der Waals surface area (Å²) in [6.45, 7) is 9.13. The van der Waals surface area contributed by atoms with E-state index in [9.17, 15) is 18.0 Å². The number of benzene rings is 2. The number of anilines is 2. The van der Waals surface area contributed by atoms with Crippen LogP contribution in [0, 0.1) is 13.8 Å². The zero-order valence-corrected chi connectivity index (χ0v) is 19.7. The van der Waals surface area contributed by atoms with Crippen LogP contribution in [0.5, 0.6) is 0 Å². The van der Waals surface area contributed by atoms with Crippen molar-refractivity contribution in [2.24, 2.45) is 0 Å². The molecule has 0 unspecified atom stereocenters. The summed E-state index contributed by atoms with van der Waals surface area (Å²) in [5, 5.41) is 5.57. The lowest BCUT2D eigenvalue weighted by atomic mass is 10.1. The molecule has 2 rings (SSSR count). The van der Waals surface area contributed by atoms with Crippen molar-refractivity contribution in [2.45, 2.75) is 53.1 Å². The molecule has 0 saturated carbocycles. The number of aryl methyl sites for hydroxylation is 2. The molecule has 0 aliphatic heterocycles. The molecule has 0 saturated heterocycles. The van der Waals surface area contributed by atoms with Crippen molar-refractivity contribution in [1.29, 1.82) is 0 Å². The Morgan fingerprint density at radius 3 is 2.29 bits per heavy atom. The van der Waals surface area contributed by atoms with Gasteiger partial charge in [-0.05, 0) is 63.4 Å². The van der Waals surface area contributed by atoms with Gasteiger partial charge in [-0.1, -0.05) is 31.2 Å². The molecule has 8 heteroatoms. The van der Waals surface area contributed by atoms with Gasteiger partial charge in [0.2, 0.25) is 15.9 Å². The van der Waals surface area contributed by atoms with Crippen molar-refractivity contribution < 1.29 is 18.0 Å². The van der Waals surface area contributed by atoms with Gasteiger partial charge in [0.25, 0.3) is 5.91 Å². The highest BCUT2D eigenvalue weighted by Crippen LogP contribution is 2.28. The van der Waals surface area contributed by atoms with Crippen LogP contribution in [-0.4, -0.2) is 38.6 Å². The second-order valence-electron chi connectivity index (χ2n) is 7.94. The molecule has 1 atom stereocenters. The van der Waals surface area contributed by atoms with E-state index < -0.39 is 22.0 Å². The van der Waals surface area contributed by atoms with Crippen LogP contribution in [-0.2, 0) is 14.8 Å². The van der Waals surface area contributed by atoms with E-state index in [1.54, 1.807) is 37.3 Å². The van der Waals surface area contributed by atoms with E-state index >= 15 is 0 Å². The van der Waals surface area contributed by atoms with Crippen molar-refractivity contribution in [3.63, 3.8) is 0 Å². The highest BCUT2D eigenvalue weighted by atomic mass is 32.2. The first-order chi connectivity index (χ1) is 14.5. The molecule has 0 aliphatic rings. The van der Waals surface area contributed by atoms with E-state index in [0.717, 1.165) is 17.4 Å². The molecular formula is C23H31N3O4S. The third kappa shape index (κ3) is 6.07. The smallest absolute Gasteiger partial charge is 0.253 e. The van der Waals surface area contributed by atoms with E-state index in [0.29, 0.717) is 16.9 Å². The van der Waals surface area contributed by atoms with Crippen molar-refractivity contribution >= 4 is 33.2 Å². The van der Waals surface area contributed by atoms with Gasteiger partial charge < -0.3 is 10.6 Å². The lowest BCUT2D eigenvalue weighted by Crippen LogP contribution is -2.47. The third-order valence-electron chi connectivity index (χ3n) is 4.78. The maximum Gasteiger partial charge on any atom is 0.253 e. The molecular weight excluding hydrogens is 414 g/mol. The maximum atomic E-state index is 13.2. The largest absolute Gasteiger partial charge is 0.350 e. The Labute approximate surface area is 184 Å². The number of hydrogen-bond acceptors (Lipinski definition) is 4. The Morgan fingerprint density at radius 1 is 1.06 bits per heavy atom. The molecule has 0 fully saturated rings. The van der Waals surface area contributed by atoms with Gasteiger partial charge >= 0.3 is 0 Å². The van der Waals surface area contributed by atoms with Crippen molar-refractivity contribution in [1.82, 2.24) is 5.32 Å². The van der Waals surface area contributed by atoms with Crippen LogP contribution < -0.4 is 14.9 Å². The lowest BCUT2D eigenvalue weighted by molar-refractivity contribution is -0.117. The standard InChI is InChI=1S/C23H31N3O4S/c1-7-20(26(31(6,29)30)21-14-16(4)12-13-17(21)5)23(28)25-19-11-9-8-10-18(19)22(27)24-15(2)3/h8-15,20H,7H2,1-6H3,(H,24,27)(H,25,28)/t20-/m0/s1. The molecule has 2 amide bonds. The Balaban J connectivity index is 2.45. The quantitative estimate of drug-likeness (QED) is 0.649. The molecule has 0 bridgehead atoms. The molecule has 2 N–H and O–H groups in total. The predicted octanol–water partition coefficient (Wildman–Crippen LogP) is 3.62. The maximum absolute atomic E-state index is 13.2. The minimum Gasteiger partial charge on any atom is -0.350 e. The normalized spacial score (nSPS) is 12.4. The first-order valence-corrected chi connectivity index (χ1v) is 12.1. The molecule has 0 aromatic heterocycles. The summed E-state index contributed by atoms with van der Waals surface area (Å²) in [6.07, 6.45) is 1.35. The predicted molar refractivity (Wildman–Crippen MR) is 125 cm³/mol. The van der Waals surface area contributed by atoms with Gasteiger partial charge in [0.05, 0.1) is 23.2 Å². The van der Waals surface area contributed by atoms with Gasteiger partial charge in [0.15, 0.2) is 0 Å². The second kappa shape index (κ2) is 9.96. The number of para-hydroxylation sites is 1. The fourth-order valence-corrected chi connectivity index (χ4v) is 4.60. The van der Waals surface area contributed by atoms with Gasteiger partial charge in [-0.2, -0.15) is 0 Å². The summed E-state index contributed by atoms with van der Waals surface area (Å²) in [6, 6.07) is 11.1. The SMILES string of the molecule is CC[C@@H](C(=O)Nc1ccccc1C(=O)NC(C)C)N(c1cc(C)ccc1C)S(C)(=O)=O. The minimum absolute atomic E-state index is 0.0651. The van der Waals surface area contributed by atoms with Crippen LogP contribution in [0.1, 0.15) is 48.7 Å². The van der Waals surface area contributed by atoms with Gasteiger partial charge in [0, 0.05) is 6.04 Å². The Hall–Kier alpha value is -2.87. The van der Waals surface area contributed by atoms with Crippen LogP contribution in [0.2, 0.25) is 0 Å². The van der Waals surface area contributed by atoms with E-state index in [1.807, 2.05) is 39.8 Å². The summed E-state index contributed by atoms with van der Waals surface area (Å²) >= 11 is 0. The topological polar surface area (TPSA) is 95.6 Å². The van der Waals surface area contributed by atoms with E-state index in [-0.39, 0.29) is 18.4 Å². The highest BCUT2D eigenvalue weighted by molar-refractivity contribution is 7.92. The highest BCUT2D eigenvalue weighted by Gasteiger charge is 2.33. The number of nitrogens with one attached hydrogen (secondary N) is 2. The van der Waals surface area contributed by atoms with Crippen molar-refractivity contribution in [3.05, 3.63) is 59.2 Å². The number of nitrogens with zero attached hydrogens (tertiary/aromatic N) is 1. The van der Waals surface area contributed by atoms with Gasteiger partial charge in [-0.3, -0.25) is 13.9 Å². The summed E-state index contributed by atoms with van der Waals surface area (Å²) in [4.78, 5) is 25.8. The first kappa shape index (κ1) is 24.4. The van der Waals surface area contributed by atoms with Crippen molar-refractivity contribution in [2.75, 3.05) is 15.9 Å². The number of carbonyl (C=O) groups is 2. The molecule has 0 spiro atoms. The number of carbonyl (C=O) groups excluding carboxylic acids is 2. The summed E-state index contributed by atoms with van der Waals surface area (Å²) in [5.74, 6) is -0.813. The van der Waals surface area contributed by atoms with E-state index in [4.69, 9.17) is 0 Å². The molecule has 2 aromatic rings. The fourth-order valence-electron chi connectivity index (χ4n) is 3.34. The first-order valence-electron chi connectivity index (χ1n) is 10.2. The molecule has 0 radical (unpaired) electrons. The molecule has 0 aliphatic carbocycles. The van der Waals surface area contributed by atoms with Crippen LogP contribution in [0.15, 0.2) is 42.5 Å². The van der Waals surface area contributed by atoms with Gasteiger partial charge in [-0.25, -0.2) is 8.42 Å². The zero-order valence-electron chi connectivity index (χ0n) is 18.9. The Morgan fingerprint density at radius 2 is 1.71 bits per heavy atom. The molecule has 2 aromatic carbocycles. The zero-order chi connectivity index (χ0) is 23.3. The molecule has 0 heterocycles. The molecule has 168 valence electrons. The third-order valence-corrected chi connectivity index (χ3v) is 5.95. The number of amides is 2. The van der Waals surface area contributed by atoms with Crippen molar-refractivity contribution in [3.8, 4) is 0 Å². The second-order valence-corrected chi connectivity index (χ2v) is 9.80. The number of rotatable bonds is 8. The van der Waals surface area contributed by atoms with Gasteiger partial charge in [-0.15, -0.1) is 0 Å². The molecule has 7 nitrogen and oxygen atoms in total. The Bertz CT molecular complexity index is 1060. The van der Waals surface area contributed by atoms with E-state index in [2.05, 4.69) is 10.6 Å².